The fourth-order valence-electron chi connectivity index (χ4n) is 2.90. The number of rotatable bonds is 4. The SMILES string of the molecule is Cc1ccccc1Nc1nccc(N(C)c2ccc3c(C)[nH]nc3c2)n1. The molecule has 0 spiro atoms. The third-order valence-corrected chi connectivity index (χ3v) is 4.49. The largest absolute Gasteiger partial charge is 0.329 e. The number of benzene rings is 2. The summed E-state index contributed by atoms with van der Waals surface area (Å²) in [7, 11) is 1.99. The number of fused-ring (bicyclic) bond motifs is 1. The Morgan fingerprint density at radius 3 is 2.73 bits per heavy atom. The highest BCUT2D eigenvalue weighted by molar-refractivity contribution is 5.85. The maximum atomic E-state index is 4.65. The van der Waals surface area contributed by atoms with E-state index in [1.807, 2.05) is 43.1 Å². The standard InChI is InChI=1S/C20H20N6/c1-13-6-4-5-7-17(13)22-20-21-11-10-19(23-20)26(3)15-8-9-16-14(2)24-25-18(16)12-15/h4-12H,1-3H3,(H,24,25)(H,21,22,23). The number of hydrogen-bond acceptors (Lipinski definition) is 5. The van der Waals surface area contributed by atoms with E-state index in [0.717, 1.165) is 39.4 Å². The van der Waals surface area contributed by atoms with Crippen LogP contribution in [0.3, 0.4) is 0 Å². The fourth-order valence-corrected chi connectivity index (χ4v) is 2.90. The maximum Gasteiger partial charge on any atom is 0.229 e. The van der Waals surface area contributed by atoms with Gasteiger partial charge in [-0.15, -0.1) is 0 Å². The van der Waals surface area contributed by atoms with Crippen molar-refractivity contribution in [2.24, 2.45) is 0 Å². The van der Waals surface area contributed by atoms with E-state index < -0.39 is 0 Å². The summed E-state index contributed by atoms with van der Waals surface area (Å²) in [6.07, 6.45) is 1.76. The molecule has 26 heavy (non-hydrogen) atoms. The molecule has 0 saturated carbocycles. The van der Waals surface area contributed by atoms with Crippen molar-refractivity contribution in [2.45, 2.75) is 13.8 Å². The molecule has 0 radical (unpaired) electrons. The summed E-state index contributed by atoms with van der Waals surface area (Å²) in [6.45, 7) is 4.08. The van der Waals surface area contributed by atoms with Gasteiger partial charge >= 0.3 is 0 Å². The Hall–Kier alpha value is -3.41. The lowest BCUT2D eigenvalue weighted by Gasteiger charge is -2.19. The zero-order chi connectivity index (χ0) is 18.1. The minimum absolute atomic E-state index is 0.570. The molecular formula is C20H20N6. The summed E-state index contributed by atoms with van der Waals surface area (Å²) in [5, 5.41) is 11.8. The molecule has 2 aromatic heterocycles. The smallest absolute Gasteiger partial charge is 0.229 e. The Morgan fingerprint density at radius 1 is 1.04 bits per heavy atom. The molecule has 4 rings (SSSR count). The van der Waals surface area contributed by atoms with Crippen LogP contribution in [0.25, 0.3) is 10.9 Å². The molecule has 0 unspecified atom stereocenters. The van der Waals surface area contributed by atoms with Gasteiger partial charge in [-0.05, 0) is 49.7 Å². The predicted molar refractivity (Wildman–Crippen MR) is 105 cm³/mol. The van der Waals surface area contributed by atoms with E-state index in [9.17, 15) is 0 Å². The zero-order valence-corrected chi connectivity index (χ0v) is 15.0. The van der Waals surface area contributed by atoms with Gasteiger partial charge in [-0.3, -0.25) is 5.10 Å². The number of aryl methyl sites for hydroxylation is 2. The quantitative estimate of drug-likeness (QED) is 0.571. The van der Waals surface area contributed by atoms with Gasteiger partial charge in [0.1, 0.15) is 5.82 Å². The van der Waals surface area contributed by atoms with E-state index >= 15 is 0 Å². The second-order valence-corrected chi connectivity index (χ2v) is 6.29. The summed E-state index contributed by atoms with van der Waals surface area (Å²) >= 11 is 0. The van der Waals surface area contributed by atoms with Crippen LogP contribution in [0.2, 0.25) is 0 Å². The maximum absolute atomic E-state index is 4.65. The summed E-state index contributed by atoms with van der Waals surface area (Å²) in [4.78, 5) is 11.0. The van der Waals surface area contributed by atoms with Crippen molar-refractivity contribution < 1.29 is 0 Å². The number of nitrogens with zero attached hydrogens (tertiary/aromatic N) is 4. The Morgan fingerprint density at radius 2 is 1.88 bits per heavy atom. The van der Waals surface area contributed by atoms with Crippen LogP contribution in [0.4, 0.5) is 23.1 Å². The van der Waals surface area contributed by atoms with Gasteiger partial charge in [-0.2, -0.15) is 10.1 Å². The van der Waals surface area contributed by atoms with Crippen molar-refractivity contribution in [2.75, 3.05) is 17.3 Å². The van der Waals surface area contributed by atoms with Crippen molar-refractivity contribution >= 4 is 34.0 Å². The van der Waals surface area contributed by atoms with Gasteiger partial charge in [-0.1, -0.05) is 18.2 Å². The van der Waals surface area contributed by atoms with Gasteiger partial charge in [0.2, 0.25) is 5.95 Å². The third-order valence-electron chi connectivity index (χ3n) is 4.49. The number of aromatic nitrogens is 4. The fraction of sp³-hybridized carbons (Fsp3) is 0.150. The van der Waals surface area contributed by atoms with Crippen LogP contribution in [0.15, 0.2) is 54.7 Å². The van der Waals surface area contributed by atoms with Gasteiger partial charge in [-0.25, -0.2) is 4.98 Å². The molecule has 0 aliphatic rings. The monoisotopic (exact) mass is 344 g/mol. The van der Waals surface area contributed by atoms with E-state index in [0.29, 0.717) is 5.95 Å². The Kier molecular flexibility index (Phi) is 4.01. The lowest BCUT2D eigenvalue weighted by atomic mass is 10.2. The second-order valence-electron chi connectivity index (χ2n) is 6.29. The van der Waals surface area contributed by atoms with Crippen LogP contribution in [0.5, 0.6) is 0 Å². The number of nitrogens with one attached hydrogen (secondary N) is 2. The number of para-hydroxylation sites is 1. The summed E-state index contributed by atoms with van der Waals surface area (Å²) < 4.78 is 0. The number of hydrogen-bond donors (Lipinski definition) is 2. The van der Waals surface area contributed by atoms with Crippen LogP contribution >= 0.6 is 0 Å². The van der Waals surface area contributed by atoms with Gasteiger partial charge in [0.05, 0.1) is 5.52 Å². The van der Waals surface area contributed by atoms with Crippen LogP contribution in [0.1, 0.15) is 11.3 Å². The Bertz CT molecular complexity index is 1070. The predicted octanol–water partition coefficient (Wildman–Crippen LogP) is 4.48. The average molecular weight is 344 g/mol. The van der Waals surface area contributed by atoms with Crippen molar-refractivity contribution in [3.05, 3.63) is 66.0 Å². The molecule has 0 saturated heterocycles. The zero-order valence-electron chi connectivity index (χ0n) is 15.0. The first-order chi connectivity index (χ1) is 12.6. The van der Waals surface area contributed by atoms with Crippen LogP contribution in [-0.4, -0.2) is 27.2 Å². The molecule has 0 fully saturated rings. The Labute approximate surface area is 151 Å². The normalized spacial score (nSPS) is 10.9. The lowest BCUT2D eigenvalue weighted by molar-refractivity contribution is 1.06. The van der Waals surface area contributed by atoms with E-state index in [4.69, 9.17) is 0 Å². The van der Waals surface area contributed by atoms with Crippen LogP contribution in [0, 0.1) is 13.8 Å². The first-order valence-corrected chi connectivity index (χ1v) is 8.46. The minimum atomic E-state index is 0.570. The number of aromatic amines is 1. The van der Waals surface area contributed by atoms with E-state index in [2.05, 4.69) is 56.7 Å². The molecule has 2 heterocycles. The van der Waals surface area contributed by atoms with Crippen molar-refractivity contribution in [1.29, 1.82) is 0 Å². The van der Waals surface area contributed by atoms with Gasteiger partial charge in [0, 0.05) is 35.7 Å². The van der Waals surface area contributed by atoms with Crippen LogP contribution in [-0.2, 0) is 0 Å². The molecular weight excluding hydrogens is 324 g/mol. The highest BCUT2D eigenvalue weighted by atomic mass is 15.2. The molecule has 0 bridgehead atoms. The third kappa shape index (κ3) is 2.97. The molecule has 6 heteroatoms. The van der Waals surface area contributed by atoms with Crippen molar-refractivity contribution in [3.63, 3.8) is 0 Å². The van der Waals surface area contributed by atoms with Gasteiger partial charge in [0.25, 0.3) is 0 Å². The summed E-state index contributed by atoms with van der Waals surface area (Å²) in [5.74, 6) is 1.38. The molecule has 6 nitrogen and oxygen atoms in total. The molecule has 2 N–H and O–H groups in total. The second kappa shape index (κ2) is 6.48. The van der Waals surface area contributed by atoms with Crippen LogP contribution < -0.4 is 10.2 Å². The number of anilines is 4. The Balaban J connectivity index is 1.63. The van der Waals surface area contributed by atoms with Gasteiger partial charge < -0.3 is 10.2 Å². The van der Waals surface area contributed by atoms with E-state index in [1.165, 1.54) is 0 Å². The first-order valence-electron chi connectivity index (χ1n) is 8.46. The first kappa shape index (κ1) is 16.1. The molecule has 0 aliphatic carbocycles. The topological polar surface area (TPSA) is 69.7 Å². The molecule has 4 aromatic rings. The van der Waals surface area contributed by atoms with E-state index in [1.54, 1.807) is 6.20 Å². The van der Waals surface area contributed by atoms with Crippen molar-refractivity contribution in [3.8, 4) is 0 Å². The molecule has 0 amide bonds. The van der Waals surface area contributed by atoms with Gasteiger partial charge in [0.15, 0.2) is 0 Å². The van der Waals surface area contributed by atoms with Crippen molar-refractivity contribution in [1.82, 2.24) is 20.2 Å². The molecule has 130 valence electrons. The average Bonchev–Trinajstić information content (AvgIpc) is 3.04. The lowest BCUT2D eigenvalue weighted by Crippen LogP contribution is -2.12. The number of H-pyrrole nitrogens is 1. The summed E-state index contributed by atoms with van der Waals surface area (Å²) in [6, 6.07) is 16.2. The van der Waals surface area contributed by atoms with E-state index in [-0.39, 0.29) is 0 Å². The minimum Gasteiger partial charge on any atom is -0.329 e. The highest BCUT2D eigenvalue weighted by Crippen LogP contribution is 2.27. The highest BCUT2D eigenvalue weighted by Gasteiger charge is 2.10. The molecule has 2 aromatic carbocycles. The molecule has 0 atom stereocenters. The molecule has 0 aliphatic heterocycles. The summed E-state index contributed by atoms with van der Waals surface area (Å²) in [5.41, 5.74) is 5.18.